The number of ether oxygens (including phenoxy) is 1. The molecule has 0 bridgehead atoms. The van der Waals surface area contributed by atoms with E-state index in [1.807, 2.05) is 42.5 Å². The number of esters is 1. The van der Waals surface area contributed by atoms with Crippen molar-refractivity contribution in [2.75, 3.05) is 19.8 Å². The molecule has 37 heavy (non-hydrogen) atoms. The standard InChI is InChI=1S/C29H35FN2O5/c30-25-13-11-22(12-14-25)17-24-10-6-2-5-9-23(28(35)31-15-16-37-29(24)36)19-27(34)32-26(20-33)18-21-7-3-1-4-8-21/h1-5,7-8,11-14,23-24,26,33H,6,9-10,15-20H2,(H,31,35)(H,32,34). The first-order valence-corrected chi connectivity index (χ1v) is 12.7. The quantitative estimate of drug-likeness (QED) is 0.374. The summed E-state index contributed by atoms with van der Waals surface area (Å²) >= 11 is 0. The minimum Gasteiger partial charge on any atom is -0.464 e. The highest BCUT2D eigenvalue weighted by Gasteiger charge is 2.24. The first-order chi connectivity index (χ1) is 17.9. The molecule has 2 aromatic carbocycles. The Labute approximate surface area is 217 Å². The third kappa shape index (κ3) is 9.80. The number of carbonyl (C=O) groups excluding carboxylic acids is 3. The van der Waals surface area contributed by atoms with Gasteiger partial charge in [0.2, 0.25) is 11.8 Å². The summed E-state index contributed by atoms with van der Waals surface area (Å²) < 4.78 is 18.6. The number of cyclic esters (lactones) is 1. The highest BCUT2D eigenvalue weighted by Crippen LogP contribution is 2.19. The van der Waals surface area contributed by atoms with Gasteiger partial charge >= 0.3 is 5.97 Å². The van der Waals surface area contributed by atoms with Crippen LogP contribution in [0.25, 0.3) is 0 Å². The van der Waals surface area contributed by atoms with Gasteiger partial charge in [-0.3, -0.25) is 14.4 Å². The summed E-state index contributed by atoms with van der Waals surface area (Å²) in [7, 11) is 0. The molecule has 0 radical (unpaired) electrons. The van der Waals surface area contributed by atoms with Crippen molar-refractivity contribution in [1.29, 1.82) is 0 Å². The predicted molar refractivity (Wildman–Crippen MR) is 138 cm³/mol. The van der Waals surface area contributed by atoms with Gasteiger partial charge in [0.05, 0.1) is 31.0 Å². The number of halogens is 1. The van der Waals surface area contributed by atoms with Crippen LogP contribution in [0.15, 0.2) is 66.7 Å². The second-order valence-corrected chi connectivity index (χ2v) is 9.31. The summed E-state index contributed by atoms with van der Waals surface area (Å²) in [5.41, 5.74) is 1.85. The second-order valence-electron chi connectivity index (χ2n) is 9.31. The minimum atomic E-state index is -0.584. The molecule has 0 spiro atoms. The number of aliphatic hydroxyl groups is 1. The van der Waals surface area contributed by atoms with Crippen LogP contribution < -0.4 is 10.6 Å². The summed E-state index contributed by atoms with van der Waals surface area (Å²) in [4.78, 5) is 38.1. The molecule has 8 heteroatoms. The molecule has 0 fully saturated rings. The van der Waals surface area contributed by atoms with E-state index in [1.54, 1.807) is 12.1 Å². The summed E-state index contributed by atoms with van der Waals surface area (Å²) in [6, 6.07) is 15.2. The number of aliphatic hydroxyl groups excluding tert-OH is 1. The van der Waals surface area contributed by atoms with Crippen LogP contribution in [-0.2, 0) is 32.0 Å². The van der Waals surface area contributed by atoms with E-state index >= 15 is 0 Å². The predicted octanol–water partition coefficient (Wildman–Crippen LogP) is 3.11. The van der Waals surface area contributed by atoms with E-state index in [9.17, 15) is 23.9 Å². The van der Waals surface area contributed by atoms with Crippen molar-refractivity contribution in [2.45, 2.75) is 44.6 Å². The van der Waals surface area contributed by atoms with Crippen LogP contribution in [0.3, 0.4) is 0 Å². The molecule has 7 nitrogen and oxygen atoms in total. The molecule has 0 aromatic heterocycles. The monoisotopic (exact) mass is 510 g/mol. The molecule has 2 amide bonds. The van der Waals surface area contributed by atoms with Crippen molar-refractivity contribution in [2.24, 2.45) is 11.8 Å². The molecule has 1 heterocycles. The van der Waals surface area contributed by atoms with Crippen LogP contribution >= 0.6 is 0 Å². The molecule has 3 rings (SSSR count). The smallest absolute Gasteiger partial charge is 0.309 e. The molecule has 3 unspecified atom stereocenters. The largest absolute Gasteiger partial charge is 0.464 e. The third-order valence-electron chi connectivity index (χ3n) is 6.36. The molecule has 0 saturated heterocycles. The van der Waals surface area contributed by atoms with E-state index in [4.69, 9.17) is 4.74 Å². The van der Waals surface area contributed by atoms with Crippen LogP contribution in [-0.4, -0.2) is 48.7 Å². The molecule has 198 valence electrons. The fourth-order valence-corrected chi connectivity index (χ4v) is 4.33. The summed E-state index contributed by atoms with van der Waals surface area (Å²) in [6.45, 7) is -0.0364. The second kappa shape index (κ2) is 14.9. The van der Waals surface area contributed by atoms with E-state index in [1.165, 1.54) is 12.1 Å². The van der Waals surface area contributed by atoms with Crippen molar-refractivity contribution in [3.8, 4) is 0 Å². The first-order valence-electron chi connectivity index (χ1n) is 12.7. The molecule has 3 N–H and O–H groups in total. The normalized spacial score (nSPS) is 19.9. The van der Waals surface area contributed by atoms with Crippen LogP contribution in [0.1, 0.15) is 36.8 Å². The maximum absolute atomic E-state index is 13.2. The van der Waals surface area contributed by atoms with E-state index in [0.29, 0.717) is 32.1 Å². The zero-order chi connectivity index (χ0) is 26.5. The van der Waals surface area contributed by atoms with E-state index < -0.39 is 12.0 Å². The number of rotatable bonds is 8. The van der Waals surface area contributed by atoms with Crippen molar-refractivity contribution < 1.29 is 28.6 Å². The minimum absolute atomic E-state index is 0.0194. The number of amides is 2. The fourth-order valence-electron chi connectivity index (χ4n) is 4.33. The molecular formula is C29H35FN2O5. The molecular weight excluding hydrogens is 475 g/mol. The number of hydrogen-bond acceptors (Lipinski definition) is 5. The Morgan fingerprint density at radius 3 is 2.54 bits per heavy atom. The number of benzene rings is 2. The first kappa shape index (κ1) is 28.1. The van der Waals surface area contributed by atoms with Gasteiger partial charge in [0, 0.05) is 6.42 Å². The lowest BCUT2D eigenvalue weighted by Crippen LogP contribution is -2.42. The Morgan fingerprint density at radius 1 is 1.05 bits per heavy atom. The Balaban J connectivity index is 1.57. The topological polar surface area (TPSA) is 105 Å². The highest BCUT2D eigenvalue weighted by atomic mass is 19.1. The van der Waals surface area contributed by atoms with Gasteiger partial charge in [0.1, 0.15) is 12.4 Å². The fraction of sp³-hybridized carbons (Fsp3) is 0.414. The Morgan fingerprint density at radius 2 is 1.81 bits per heavy atom. The zero-order valence-electron chi connectivity index (χ0n) is 20.9. The van der Waals surface area contributed by atoms with Gasteiger partial charge in [-0.05, 0) is 55.4 Å². The van der Waals surface area contributed by atoms with Gasteiger partial charge in [-0.25, -0.2) is 4.39 Å². The number of allylic oxidation sites excluding steroid dienone is 2. The zero-order valence-corrected chi connectivity index (χ0v) is 20.9. The summed E-state index contributed by atoms with van der Waals surface area (Å²) in [6.07, 6.45) is 6.22. The Kier molecular flexibility index (Phi) is 11.3. The van der Waals surface area contributed by atoms with Crippen molar-refractivity contribution in [3.63, 3.8) is 0 Å². The van der Waals surface area contributed by atoms with Gasteiger partial charge in [0.25, 0.3) is 0 Å². The highest BCUT2D eigenvalue weighted by molar-refractivity contribution is 5.86. The maximum Gasteiger partial charge on any atom is 0.309 e. The lowest BCUT2D eigenvalue weighted by Gasteiger charge is -2.19. The molecule has 0 saturated carbocycles. The van der Waals surface area contributed by atoms with Crippen LogP contribution in [0.2, 0.25) is 0 Å². The van der Waals surface area contributed by atoms with E-state index in [-0.39, 0.29) is 55.7 Å². The SMILES string of the molecule is O=C(CC1CC=CCCC(Cc2ccc(F)cc2)C(=O)OCCNC1=O)NC(CO)Cc1ccccc1. The lowest BCUT2D eigenvalue weighted by atomic mass is 9.94. The van der Waals surface area contributed by atoms with Gasteiger partial charge in [-0.2, -0.15) is 0 Å². The van der Waals surface area contributed by atoms with Gasteiger partial charge in [-0.15, -0.1) is 0 Å². The lowest BCUT2D eigenvalue weighted by molar-refractivity contribution is -0.149. The van der Waals surface area contributed by atoms with Crippen molar-refractivity contribution >= 4 is 17.8 Å². The van der Waals surface area contributed by atoms with Crippen LogP contribution in [0.5, 0.6) is 0 Å². The molecule has 1 aliphatic heterocycles. The average molecular weight is 511 g/mol. The Bertz CT molecular complexity index is 1040. The third-order valence-corrected chi connectivity index (χ3v) is 6.36. The van der Waals surface area contributed by atoms with Gasteiger partial charge in [0.15, 0.2) is 0 Å². The number of nitrogens with one attached hydrogen (secondary N) is 2. The van der Waals surface area contributed by atoms with Crippen molar-refractivity contribution in [3.05, 3.63) is 83.7 Å². The number of carbonyl (C=O) groups is 3. The van der Waals surface area contributed by atoms with Gasteiger partial charge in [-0.1, -0.05) is 54.6 Å². The van der Waals surface area contributed by atoms with Gasteiger partial charge < -0.3 is 20.5 Å². The molecule has 2 aromatic rings. The Hall–Kier alpha value is -3.52. The van der Waals surface area contributed by atoms with Crippen molar-refractivity contribution in [1.82, 2.24) is 10.6 Å². The summed E-state index contributed by atoms with van der Waals surface area (Å²) in [5, 5.41) is 15.3. The molecule has 3 atom stereocenters. The van der Waals surface area contributed by atoms with Crippen LogP contribution in [0.4, 0.5) is 4.39 Å². The number of hydrogen-bond donors (Lipinski definition) is 3. The molecule has 1 aliphatic rings. The molecule has 0 aliphatic carbocycles. The average Bonchev–Trinajstić information content (AvgIpc) is 2.91. The van der Waals surface area contributed by atoms with E-state index in [0.717, 1.165) is 11.1 Å². The van der Waals surface area contributed by atoms with E-state index in [2.05, 4.69) is 10.6 Å². The van der Waals surface area contributed by atoms with Crippen LogP contribution in [0, 0.1) is 17.7 Å². The maximum atomic E-state index is 13.2. The summed E-state index contributed by atoms with van der Waals surface area (Å²) in [5.74, 6) is -2.24.